The Bertz CT molecular complexity index is 312. The predicted molar refractivity (Wildman–Crippen MR) is 60.5 cm³/mol. The molecule has 2 saturated heterocycles. The molecule has 3 unspecified atom stereocenters. The van der Waals surface area contributed by atoms with Crippen molar-refractivity contribution in [2.24, 2.45) is 5.92 Å². The molecule has 0 bridgehead atoms. The van der Waals surface area contributed by atoms with Crippen molar-refractivity contribution >= 4 is 11.9 Å². The van der Waals surface area contributed by atoms with E-state index in [2.05, 4.69) is 0 Å². The zero-order valence-electron chi connectivity index (χ0n) is 10.1. The first-order valence-electron chi connectivity index (χ1n) is 6.24. The Morgan fingerprint density at radius 1 is 1.35 bits per heavy atom. The second-order valence-electron chi connectivity index (χ2n) is 5.02. The molecule has 2 aliphatic rings. The summed E-state index contributed by atoms with van der Waals surface area (Å²) in [6.07, 6.45) is 2.62. The molecular weight excluding hydrogens is 222 g/mol. The van der Waals surface area contributed by atoms with E-state index in [9.17, 15) is 14.7 Å². The third-order valence-corrected chi connectivity index (χ3v) is 3.64. The Morgan fingerprint density at radius 2 is 2.12 bits per heavy atom. The maximum Gasteiger partial charge on any atom is 0.326 e. The molecule has 1 amide bonds. The van der Waals surface area contributed by atoms with Crippen molar-refractivity contribution in [3.8, 4) is 0 Å². The van der Waals surface area contributed by atoms with Gasteiger partial charge in [-0.3, -0.25) is 4.79 Å². The summed E-state index contributed by atoms with van der Waals surface area (Å²) in [5, 5.41) is 9.18. The van der Waals surface area contributed by atoms with Crippen LogP contribution in [0.3, 0.4) is 0 Å². The number of likely N-dealkylation sites (tertiary alicyclic amines) is 1. The lowest BCUT2D eigenvalue weighted by Gasteiger charge is -2.37. The quantitative estimate of drug-likeness (QED) is 0.779. The number of carbonyl (C=O) groups excluding carboxylic acids is 1. The van der Waals surface area contributed by atoms with Gasteiger partial charge in [0.25, 0.3) is 5.91 Å². The Morgan fingerprint density at radius 3 is 2.71 bits per heavy atom. The molecule has 0 saturated carbocycles. The number of carboxylic acids is 1. The van der Waals surface area contributed by atoms with Gasteiger partial charge in [-0.05, 0) is 31.6 Å². The molecule has 0 aromatic carbocycles. The van der Waals surface area contributed by atoms with Crippen LogP contribution in [0.2, 0.25) is 0 Å². The normalized spacial score (nSPS) is 33.7. The first kappa shape index (κ1) is 12.4. The number of nitrogens with zero attached hydrogens (tertiary/aromatic N) is 1. The van der Waals surface area contributed by atoms with Gasteiger partial charge in [-0.25, -0.2) is 4.79 Å². The van der Waals surface area contributed by atoms with Crippen LogP contribution >= 0.6 is 0 Å². The first-order valence-corrected chi connectivity index (χ1v) is 6.24. The minimum atomic E-state index is -0.900. The van der Waals surface area contributed by atoms with Gasteiger partial charge in [0, 0.05) is 13.2 Å². The lowest BCUT2D eigenvalue weighted by Crippen LogP contribution is -2.52. The summed E-state index contributed by atoms with van der Waals surface area (Å²) in [7, 11) is 0. The number of carbonyl (C=O) groups is 2. The minimum absolute atomic E-state index is 0.137. The smallest absolute Gasteiger partial charge is 0.326 e. The molecule has 2 rings (SSSR count). The molecule has 5 heteroatoms. The molecule has 2 fully saturated rings. The van der Waals surface area contributed by atoms with Gasteiger partial charge in [0.15, 0.2) is 0 Å². The minimum Gasteiger partial charge on any atom is -0.480 e. The molecule has 2 heterocycles. The monoisotopic (exact) mass is 241 g/mol. The van der Waals surface area contributed by atoms with E-state index < -0.39 is 18.1 Å². The van der Waals surface area contributed by atoms with E-state index in [0.29, 0.717) is 25.5 Å². The molecular formula is C12H19NO4. The van der Waals surface area contributed by atoms with Crippen molar-refractivity contribution in [3.05, 3.63) is 0 Å². The summed E-state index contributed by atoms with van der Waals surface area (Å²) in [4.78, 5) is 24.9. The van der Waals surface area contributed by atoms with Gasteiger partial charge in [-0.15, -0.1) is 0 Å². The lowest BCUT2D eigenvalue weighted by molar-refractivity contribution is -0.157. The average molecular weight is 241 g/mol. The zero-order chi connectivity index (χ0) is 12.4. The average Bonchev–Trinajstić information content (AvgIpc) is 2.81. The van der Waals surface area contributed by atoms with Crippen LogP contribution in [0.4, 0.5) is 0 Å². The number of hydrogen-bond donors (Lipinski definition) is 1. The fraction of sp³-hybridized carbons (Fsp3) is 0.833. The van der Waals surface area contributed by atoms with Gasteiger partial charge in [0.05, 0.1) is 0 Å². The maximum atomic E-state index is 12.2. The highest BCUT2D eigenvalue weighted by Crippen LogP contribution is 2.25. The predicted octanol–water partition coefficient (Wildman–Crippen LogP) is 0.877. The molecule has 5 nitrogen and oxygen atoms in total. The first-order chi connectivity index (χ1) is 8.09. The van der Waals surface area contributed by atoms with E-state index in [4.69, 9.17) is 4.74 Å². The third kappa shape index (κ3) is 2.60. The topological polar surface area (TPSA) is 66.8 Å². The van der Waals surface area contributed by atoms with Crippen molar-refractivity contribution in [2.45, 2.75) is 44.8 Å². The van der Waals surface area contributed by atoms with Crippen molar-refractivity contribution in [3.63, 3.8) is 0 Å². The lowest BCUT2D eigenvalue weighted by atomic mass is 9.92. The molecule has 0 aliphatic carbocycles. The molecule has 3 atom stereocenters. The molecule has 0 aromatic rings. The van der Waals surface area contributed by atoms with Crippen LogP contribution in [0.25, 0.3) is 0 Å². The van der Waals surface area contributed by atoms with Gasteiger partial charge in [-0.1, -0.05) is 6.92 Å². The van der Waals surface area contributed by atoms with Crippen molar-refractivity contribution in [2.75, 3.05) is 13.2 Å². The molecule has 0 aromatic heterocycles. The maximum absolute atomic E-state index is 12.2. The summed E-state index contributed by atoms with van der Waals surface area (Å²) in [6, 6.07) is -0.671. The number of rotatable bonds is 2. The van der Waals surface area contributed by atoms with Crippen LogP contribution in [0.5, 0.6) is 0 Å². The second kappa shape index (κ2) is 5.04. The third-order valence-electron chi connectivity index (χ3n) is 3.64. The Kier molecular flexibility index (Phi) is 3.66. The molecule has 96 valence electrons. The largest absolute Gasteiger partial charge is 0.480 e. The summed E-state index contributed by atoms with van der Waals surface area (Å²) in [5.41, 5.74) is 0. The van der Waals surface area contributed by atoms with Gasteiger partial charge < -0.3 is 14.7 Å². The Labute approximate surface area is 101 Å². The van der Waals surface area contributed by atoms with Crippen molar-refractivity contribution in [1.82, 2.24) is 4.90 Å². The van der Waals surface area contributed by atoms with Crippen molar-refractivity contribution in [1.29, 1.82) is 0 Å². The van der Waals surface area contributed by atoms with Crippen LogP contribution < -0.4 is 0 Å². The van der Waals surface area contributed by atoms with Gasteiger partial charge in [0.1, 0.15) is 12.1 Å². The van der Waals surface area contributed by atoms with E-state index >= 15 is 0 Å². The van der Waals surface area contributed by atoms with E-state index in [0.717, 1.165) is 19.3 Å². The Balaban J connectivity index is 2.06. The van der Waals surface area contributed by atoms with Crippen molar-refractivity contribution < 1.29 is 19.4 Å². The number of ether oxygens (including phenoxy) is 1. The Hall–Kier alpha value is -1.10. The number of carboxylic acid groups (broad SMARTS) is 1. The van der Waals surface area contributed by atoms with Gasteiger partial charge in [-0.2, -0.15) is 0 Å². The summed E-state index contributed by atoms with van der Waals surface area (Å²) >= 11 is 0. The van der Waals surface area contributed by atoms with E-state index in [-0.39, 0.29) is 5.91 Å². The summed E-state index contributed by atoms with van der Waals surface area (Å²) < 4.78 is 5.34. The van der Waals surface area contributed by atoms with E-state index in [1.165, 1.54) is 4.90 Å². The van der Waals surface area contributed by atoms with Crippen LogP contribution in [-0.2, 0) is 14.3 Å². The van der Waals surface area contributed by atoms with Crippen LogP contribution in [0, 0.1) is 5.92 Å². The SMILES string of the molecule is CC1CCN(C(=O)C2CCCO2)C(C(=O)O)C1. The van der Waals surface area contributed by atoms with Crippen LogP contribution in [-0.4, -0.2) is 47.2 Å². The summed E-state index contributed by atoms with van der Waals surface area (Å²) in [6.45, 7) is 3.18. The highest BCUT2D eigenvalue weighted by Gasteiger charge is 2.38. The second-order valence-corrected chi connectivity index (χ2v) is 5.02. The molecule has 0 spiro atoms. The molecule has 2 aliphatic heterocycles. The highest BCUT2D eigenvalue weighted by atomic mass is 16.5. The van der Waals surface area contributed by atoms with E-state index in [1.807, 2.05) is 6.92 Å². The number of hydrogen-bond acceptors (Lipinski definition) is 3. The zero-order valence-corrected chi connectivity index (χ0v) is 10.1. The van der Waals surface area contributed by atoms with E-state index in [1.54, 1.807) is 0 Å². The fourth-order valence-corrected chi connectivity index (χ4v) is 2.60. The van der Waals surface area contributed by atoms with Crippen LogP contribution in [0.1, 0.15) is 32.6 Å². The number of amides is 1. The van der Waals surface area contributed by atoms with Gasteiger partial charge in [0.2, 0.25) is 0 Å². The summed E-state index contributed by atoms with van der Waals surface area (Å²) in [5.74, 6) is -0.672. The molecule has 1 N–H and O–H groups in total. The van der Waals surface area contributed by atoms with Gasteiger partial charge >= 0.3 is 5.97 Å². The molecule has 0 radical (unpaired) electrons. The van der Waals surface area contributed by atoms with Crippen LogP contribution in [0.15, 0.2) is 0 Å². The number of aliphatic carboxylic acids is 1. The highest BCUT2D eigenvalue weighted by molar-refractivity contribution is 5.86. The molecule has 17 heavy (non-hydrogen) atoms. The number of piperidine rings is 1. The standard InChI is InChI=1S/C12H19NO4/c1-8-4-5-13(9(7-8)12(15)16)11(14)10-3-2-6-17-10/h8-10H,2-7H2,1H3,(H,15,16). The fourth-order valence-electron chi connectivity index (χ4n) is 2.60.